The van der Waals surface area contributed by atoms with Crippen molar-refractivity contribution in [2.45, 2.75) is 19.9 Å². The summed E-state index contributed by atoms with van der Waals surface area (Å²) in [4.78, 5) is 48.6. The summed E-state index contributed by atoms with van der Waals surface area (Å²) in [6, 6.07) is 2.54. The van der Waals surface area contributed by atoms with E-state index >= 15 is 0 Å². The molecule has 0 saturated carbocycles. The molecule has 24 heavy (non-hydrogen) atoms. The third-order valence-electron chi connectivity index (χ3n) is 3.21. The molecular weight excluding hydrogens is 357 g/mol. The summed E-state index contributed by atoms with van der Waals surface area (Å²) in [6.45, 7) is 2.85. The van der Waals surface area contributed by atoms with Gasteiger partial charge in [-0.05, 0) is 26.0 Å². The van der Waals surface area contributed by atoms with Crippen molar-refractivity contribution in [1.82, 2.24) is 15.5 Å². The van der Waals surface area contributed by atoms with Gasteiger partial charge in [-0.3, -0.25) is 24.1 Å². The summed E-state index contributed by atoms with van der Waals surface area (Å²) < 4.78 is 0. The molecule has 0 aromatic heterocycles. The Kier molecular flexibility index (Phi) is 5.46. The van der Waals surface area contributed by atoms with E-state index in [1.807, 2.05) is 0 Å². The summed E-state index contributed by atoms with van der Waals surface area (Å²) in [5.74, 6) is -2.24. The van der Waals surface area contributed by atoms with E-state index < -0.39 is 24.3 Å². The third-order valence-corrected chi connectivity index (χ3v) is 3.93. The standard InChI is InChI=1S/C15H15Cl2N3O4/c1-7(2)19-12(21)5-18-13(22)6-20-14(23)8-3-10(16)11(17)4-9(8)15(20)24/h3-4,7H,5-6H2,1-2H3,(H,18,22)(H,19,21). The van der Waals surface area contributed by atoms with Crippen molar-refractivity contribution in [2.24, 2.45) is 0 Å². The number of halogens is 2. The van der Waals surface area contributed by atoms with Crippen LogP contribution in [0.4, 0.5) is 0 Å². The van der Waals surface area contributed by atoms with Crippen LogP contribution >= 0.6 is 23.2 Å². The average Bonchev–Trinajstić information content (AvgIpc) is 2.70. The van der Waals surface area contributed by atoms with Crippen LogP contribution in [0.15, 0.2) is 12.1 Å². The first-order valence-electron chi connectivity index (χ1n) is 7.12. The Labute approximate surface area is 148 Å². The minimum absolute atomic E-state index is 0.0554. The number of rotatable bonds is 5. The van der Waals surface area contributed by atoms with Crippen molar-refractivity contribution in [3.63, 3.8) is 0 Å². The maximum absolute atomic E-state index is 12.2. The molecule has 1 aliphatic rings. The van der Waals surface area contributed by atoms with Crippen molar-refractivity contribution in [2.75, 3.05) is 13.1 Å². The first-order chi connectivity index (χ1) is 11.2. The Hall–Kier alpha value is -2.12. The van der Waals surface area contributed by atoms with Crippen LogP contribution in [0.5, 0.6) is 0 Å². The van der Waals surface area contributed by atoms with Crippen molar-refractivity contribution in [3.8, 4) is 0 Å². The number of carbonyl (C=O) groups is 4. The second-order valence-corrected chi connectivity index (χ2v) is 6.32. The molecule has 2 rings (SSSR count). The Balaban J connectivity index is 2.01. The number of carbonyl (C=O) groups excluding carboxylic acids is 4. The highest BCUT2D eigenvalue weighted by Gasteiger charge is 2.37. The zero-order chi connectivity index (χ0) is 18.0. The predicted octanol–water partition coefficient (Wildman–Crippen LogP) is 1.23. The van der Waals surface area contributed by atoms with Gasteiger partial charge in [-0.25, -0.2) is 0 Å². The van der Waals surface area contributed by atoms with Crippen molar-refractivity contribution >= 4 is 46.8 Å². The maximum Gasteiger partial charge on any atom is 0.262 e. The second-order valence-electron chi connectivity index (χ2n) is 5.51. The topological polar surface area (TPSA) is 95.6 Å². The van der Waals surface area contributed by atoms with Gasteiger partial charge >= 0.3 is 0 Å². The van der Waals surface area contributed by atoms with Crippen LogP contribution < -0.4 is 10.6 Å². The molecule has 0 spiro atoms. The van der Waals surface area contributed by atoms with E-state index in [0.717, 1.165) is 4.90 Å². The monoisotopic (exact) mass is 371 g/mol. The lowest BCUT2D eigenvalue weighted by Gasteiger charge is -2.14. The summed E-state index contributed by atoms with van der Waals surface area (Å²) in [7, 11) is 0. The molecule has 0 aliphatic carbocycles. The average molecular weight is 372 g/mol. The molecule has 1 aromatic carbocycles. The van der Waals surface area contributed by atoms with E-state index in [0.29, 0.717) is 0 Å². The van der Waals surface area contributed by atoms with Gasteiger partial charge in [-0.2, -0.15) is 0 Å². The van der Waals surface area contributed by atoms with Crippen LogP contribution in [0.2, 0.25) is 10.0 Å². The molecule has 0 fully saturated rings. The van der Waals surface area contributed by atoms with Gasteiger partial charge in [0.15, 0.2) is 0 Å². The smallest absolute Gasteiger partial charge is 0.262 e. The predicted molar refractivity (Wildman–Crippen MR) is 88.1 cm³/mol. The van der Waals surface area contributed by atoms with E-state index in [-0.39, 0.29) is 39.7 Å². The minimum Gasteiger partial charge on any atom is -0.352 e. The molecule has 0 unspecified atom stereocenters. The van der Waals surface area contributed by atoms with Crippen LogP contribution in [0, 0.1) is 0 Å². The Bertz CT molecular complexity index is 693. The lowest BCUT2D eigenvalue weighted by molar-refractivity contribution is -0.126. The quantitative estimate of drug-likeness (QED) is 0.760. The minimum atomic E-state index is -0.629. The molecule has 0 atom stereocenters. The number of hydrogen-bond acceptors (Lipinski definition) is 4. The fraction of sp³-hybridized carbons (Fsp3) is 0.333. The van der Waals surface area contributed by atoms with Gasteiger partial charge in [0.1, 0.15) is 6.54 Å². The first-order valence-corrected chi connectivity index (χ1v) is 7.87. The van der Waals surface area contributed by atoms with Gasteiger partial charge in [0.2, 0.25) is 11.8 Å². The first kappa shape index (κ1) is 18.2. The van der Waals surface area contributed by atoms with E-state index in [4.69, 9.17) is 23.2 Å². The van der Waals surface area contributed by atoms with Gasteiger partial charge in [-0.1, -0.05) is 23.2 Å². The Morgan fingerprint density at radius 3 is 2.00 bits per heavy atom. The van der Waals surface area contributed by atoms with Gasteiger partial charge in [0.05, 0.1) is 27.7 Å². The van der Waals surface area contributed by atoms with E-state index in [1.54, 1.807) is 13.8 Å². The lowest BCUT2D eigenvalue weighted by Crippen LogP contribution is -2.44. The Morgan fingerprint density at radius 1 is 1.04 bits per heavy atom. The zero-order valence-corrected chi connectivity index (χ0v) is 14.5. The highest BCUT2D eigenvalue weighted by Crippen LogP contribution is 2.31. The Morgan fingerprint density at radius 2 is 1.54 bits per heavy atom. The summed E-state index contributed by atoms with van der Waals surface area (Å²) in [5.41, 5.74) is 0.194. The summed E-state index contributed by atoms with van der Waals surface area (Å²) in [5, 5.41) is 5.25. The molecule has 0 bridgehead atoms. The van der Waals surface area contributed by atoms with Gasteiger partial charge in [0.25, 0.3) is 11.8 Å². The molecule has 7 nitrogen and oxygen atoms in total. The number of imide groups is 1. The van der Waals surface area contributed by atoms with Crippen LogP contribution in [0.1, 0.15) is 34.6 Å². The van der Waals surface area contributed by atoms with Crippen molar-refractivity contribution in [3.05, 3.63) is 33.3 Å². The summed E-state index contributed by atoms with van der Waals surface area (Å²) in [6.07, 6.45) is 0. The van der Waals surface area contributed by atoms with E-state index in [2.05, 4.69) is 10.6 Å². The third kappa shape index (κ3) is 3.85. The lowest BCUT2D eigenvalue weighted by atomic mass is 10.1. The maximum atomic E-state index is 12.2. The summed E-state index contributed by atoms with van der Waals surface area (Å²) >= 11 is 11.7. The van der Waals surface area contributed by atoms with E-state index in [9.17, 15) is 19.2 Å². The van der Waals surface area contributed by atoms with Crippen LogP contribution in [0.3, 0.4) is 0 Å². The molecular formula is C15H15Cl2N3O4. The molecule has 128 valence electrons. The van der Waals surface area contributed by atoms with Crippen LogP contribution in [-0.2, 0) is 9.59 Å². The number of fused-ring (bicyclic) bond motifs is 1. The number of benzene rings is 1. The van der Waals surface area contributed by atoms with Gasteiger partial charge < -0.3 is 10.6 Å². The SMILES string of the molecule is CC(C)NC(=O)CNC(=O)CN1C(=O)c2cc(Cl)c(Cl)cc2C1=O. The molecule has 4 amide bonds. The number of amides is 4. The largest absolute Gasteiger partial charge is 0.352 e. The number of nitrogens with one attached hydrogen (secondary N) is 2. The molecule has 2 N–H and O–H groups in total. The normalized spacial score (nSPS) is 13.3. The van der Waals surface area contributed by atoms with Gasteiger partial charge in [0, 0.05) is 6.04 Å². The fourth-order valence-corrected chi connectivity index (χ4v) is 2.51. The van der Waals surface area contributed by atoms with E-state index in [1.165, 1.54) is 12.1 Å². The number of hydrogen-bond donors (Lipinski definition) is 2. The molecule has 0 radical (unpaired) electrons. The molecule has 1 heterocycles. The molecule has 1 aliphatic heterocycles. The molecule has 1 aromatic rings. The second kappa shape index (κ2) is 7.19. The molecule has 9 heteroatoms. The van der Waals surface area contributed by atoms with Crippen LogP contribution in [-0.4, -0.2) is 47.7 Å². The van der Waals surface area contributed by atoms with Crippen molar-refractivity contribution in [1.29, 1.82) is 0 Å². The fourth-order valence-electron chi connectivity index (χ4n) is 2.18. The zero-order valence-electron chi connectivity index (χ0n) is 13.0. The highest BCUT2D eigenvalue weighted by molar-refractivity contribution is 6.43. The number of nitrogens with zero attached hydrogens (tertiary/aromatic N) is 1. The highest BCUT2D eigenvalue weighted by atomic mass is 35.5. The molecule has 0 saturated heterocycles. The van der Waals surface area contributed by atoms with Gasteiger partial charge in [-0.15, -0.1) is 0 Å². The van der Waals surface area contributed by atoms with Crippen LogP contribution in [0.25, 0.3) is 0 Å². The van der Waals surface area contributed by atoms with Crippen molar-refractivity contribution < 1.29 is 19.2 Å².